The number of aliphatic hydroxyl groups excluding tert-OH is 1. The van der Waals surface area contributed by atoms with Crippen LogP contribution in [-0.2, 0) is 18.9 Å². The number of carbonyl (C=O) groups excluding carboxylic acids is 2. The smallest absolute Gasteiger partial charge is 0.261 e. The molecule has 386 valence electrons. The molecule has 5 aliphatic heterocycles. The topological polar surface area (TPSA) is 94.5 Å². The number of carbonyl (C=O) groups is 2. The van der Waals surface area contributed by atoms with E-state index in [2.05, 4.69) is 55.4 Å². The van der Waals surface area contributed by atoms with E-state index in [1.54, 1.807) is 4.90 Å². The first-order chi connectivity index (χ1) is 33.4. The molecule has 70 heavy (non-hydrogen) atoms. The molecule has 12 fully saturated rings. The van der Waals surface area contributed by atoms with E-state index in [4.69, 9.17) is 18.9 Å². The molecular weight excluding hydrogens is 871 g/mol. The Morgan fingerprint density at radius 3 is 1.44 bits per heavy atom. The molecule has 24 atom stereocenters. The van der Waals surface area contributed by atoms with E-state index in [-0.39, 0.29) is 35.5 Å². The van der Waals surface area contributed by atoms with E-state index < -0.39 is 0 Å². The van der Waals surface area contributed by atoms with Gasteiger partial charge in [0.15, 0.2) is 11.6 Å². The summed E-state index contributed by atoms with van der Waals surface area (Å²) < 4.78 is 26.9. The first kappa shape index (κ1) is 47.8. The number of imide groups is 1. The number of nitrogens with zero attached hydrogens (tertiary/aromatic N) is 1. The summed E-state index contributed by atoms with van der Waals surface area (Å²) in [6.45, 7) is 21.7. The fourth-order valence-electron chi connectivity index (χ4n) is 22.3. The minimum Gasteiger partial charge on any atom is -0.393 e. The van der Waals surface area contributed by atoms with Gasteiger partial charge in [0.1, 0.15) is 0 Å². The van der Waals surface area contributed by atoms with E-state index in [1.165, 1.54) is 83.5 Å². The minimum atomic E-state index is -0.335. The Morgan fingerprint density at radius 2 is 0.971 bits per heavy atom. The lowest BCUT2D eigenvalue weighted by atomic mass is 9.44. The summed E-state index contributed by atoms with van der Waals surface area (Å²) in [5.74, 6) is 9.05. The standard InChI is InChI=1S/C35H47NO4.C27H44O3/c1-20-11-16-35(39-19-20)21(2)30-29(40-35)18-28-26-10-9-22-17-23(12-14-33(22,3)27(26)13-15-34(28,30)4)36-31(37)24-7-5-6-8-25(24)32(36)38;1-16-7-12-27(29-15-16)17(2)24-23(30-27)14-22-20-6-5-18-13-19(28)8-10-25(18,3)21(20)9-11-26(22,24)4/h5-8,20-23,26-30H,9-19H2,1-4H3;16-24,28H,5-15H2,1-4H3/t20-,21-,22+,23+,26+,27-,28-,29-,30-,33-,34-,35+;16-,17-,18+,19-,20+,21-,22-,23-,24-,25-,26-,27+/m00/s1. The van der Waals surface area contributed by atoms with Gasteiger partial charge in [0.05, 0.1) is 42.7 Å². The van der Waals surface area contributed by atoms with Gasteiger partial charge in [-0.2, -0.15) is 0 Å². The number of fused-ring (bicyclic) bond motifs is 15. The molecule has 8 heteroatoms. The molecule has 2 amide bonds. The van der Waals surface area contributed by atoms with Gasteiger partial charge < -0.3 is 24.1 Å². The summed E-state index contributed by atoms with van der Waals surface area (Å²) in [4.78, 5) is 28.2. The van der Waals surface area contributed by atoms with Gasteiger partial charge in [-0.1, -0.05) is 67.5 Å². The summed E-state index contributed by atoms with van der Waals surface area (Å²) >= 11 is 0. The Balaban J connectivity index is 0.000000143. The predicted molar refractivity (Wildman–Crippen MR) is 270 cm³/mol. The van der Waals surface area contributed by atoms with Crippen LogP contribution in [0.4, 0.5) is 0 Å². The Kier molecular flexibility index (Phi) is 11.3. The maximum absolute atomic E-state index is 13.3. The quantitative estimate of drug-likeness (QED) is 0.280. The van der Waals surface area contributed by atoms with Crippen LogP contribution in [-0.4, -0.2) is 71.0 Å². The van der Waals surface area contributed by atoms with Gasteiger partial charge in [0, 0.05) is 30.7 Å². The third-order valence-electron chi connectivity index (χ3n) is 26.0. The maximum Gasteiger partial charge on any atom is 0.261 e. The second-order valence-electron chi connectivity index (χ2n) is 28.7. The van der Waals surface area contributed by atoms with E-state index in [1.807, 2.05) is 24.3 Å². The molecule has 8 saturated carbocycles. The van der Waals surface area contributed by atoms with Crippen LogP contribution in [0.15, 0.2) is 24.3 Å². The molecule has 2 spiro atoms. The summed E-state index contributed by atoms with van der Waals surface area (Å²) in [6.07, 6.45) is 24.9. The van der Waals surface area contributed by atoms with Gasteiger partial charge in [-0.15, -0.1) is 0 Å². The Hall–Kier alpha value is -1.84. The van der Waals surface area contributed by atoms with Crippen molar-refractivity contribution < 1.29 is 33.6 Å². The number of hydrogen-bond acceptors (Lipinski definition) is 7. The highest BCUT2D eigenvalue weighted by Crippen LogP contribution is 2.73. The molecule has 13 aliphatic rings. The molecule has 1 aromatic rings. The summed E-state index contributed by atoms with van der Waals surface area (Å²) in [5, 5.41) is 10.3. The third-order valence-corrected chi connectivity index (χ3v) is 26.0. The molecule has 8 nitrogen and oxygen atoms in total. The van der Waals surface area contributed by atoms with Crippen LogP contribution in [0.3, 0.4) is 0 Å². The van der Waals surface area contributed by atoms with Crippen LogP contribution in [0.2, 0.25) is 0 Å². The van der Waals surface area contributed by atoms with E-state index in [0.29, 0.717) is 86.4 Å². The number of amides is 2. The molecule has 8 aliphatic carbocycles. The summed E-state index contributed by atoms with van der Waals surface area (Å²) in [6, 6.07) is 7.42. The van der Waals surface area contributed by atoms with Crippen molar-refractivity contribution >= 4 is 11.8 Å². The molecule has 1 N–H and O–H groups in total. The fourth-order valence-corrected chi connectivity index (χ4v) is 22.3. The van der Waals surface area contributed by atoms with Gasteiger partial charge in [0.2, 0.25) is 0 Å². The van der Waals surface area contributed by atoms with Crippen molar-refractivity contribution in [3.8, 4) is 0 Å². The number of rotatable bonds is 1. The van der Waals surface area contributed by atoms with Crippen molar-refractivity contribution in [3.05, 3.63) is 35.4 Å². The number of aliphatic hydroxyl groups is 1. The Bertz CT molecular complexity index is 2180. The maximum atomic E-state index is 13.3. The number of hydrogen-bond donors (Lipinski definition) is 1. The van der Waals surface area contributed by atoms with E-state index in [0.717, 1.165) is 99.6 Å². The van der Waals surface area contributed by atoms with Gasteiger partial charge in [0.25, 0.3) is 11.8 Å². The number of ether oxygens (including phenoxy) is 4. The lowest BCUT2D eigenvalue weighted by Crippen LogP contribution is -2.56. The van der Waals surface area contributed by atoms with Crippen LogP contribution in [0, 0.1) is 105 Å². The van der Waals surface area contributed by atoms with Crippen molar-refractivity contribution in [3.63, 3.8) is 0 Å². The van der Waals surface area contributed by atoms with Gasteiger partial charge in [-0.25, -0.2) is 0 Å². The lowest BCUT2D eigenvalue weighted by Gasteiger charge is -2.61. The van der Waals surface area contributed by atoms with Crippen molar-refractivity contribution in [2.75, 3.05) is 13.2 Å². The molecule has 1 aromatic carbocycles. The zero-order valence-corrected chi connectivity index (χ0v) is 44.6. The van der Waals surface area contributed by atoms with Crippen LogP contribution >= 0.6 is 0 Å². The highest BCUT2D eigenvalue weighted by Gasteiger charge is 2.71. The molecule has 0 aromatic heterocycles. The molecule has 0 bridgehead atoms. The zero-order valence-electron chi connectivity index (χ0n) is 44.6. The second kappa shape index (κ2) is 16.6. The summed E-state index contributed by atoms with van der Waals surface area (Å²) in [5.41, 5.74) is 2.74. The largest absolute Gasteiger partial charge is 0.393 e. The van der Waals surface area contributed by atoms with Gasteiger partial charge >= 0.3 is 0 Å². The molecule has 5 heterocycles. The molecule has 14 rings (SSSR count). The van der Waals surface area contributed by atoms with Crippen LogP contribution < -0.4 is 0 Å². The minimum absolute atomic E-state index is 0.0389. The van der Waals surface area contributed by atoms with Crippen molar-refractivity contribution in [1.82, 2.24) is 4.90 Å². The molecule has 0 unspecified atom stereocenters. The van der Waals surface area contributed by atoms with Crippen LogP contribution in [0.25, 0.3) is 0 Å². The molecule has 4 saturated heterocycles. The number of benzene rings is 1. The van der Waals surface area contributed by atoms with Crippen molar-refractivity contribution in [2.24, 2.45) is 105 Å². The van der Waals surface area contributed by atoms with Crippen LogP contribution in [0.5, 0.6) is 0 Å². The SMILES string of the molecule is C[C@H]1CC[C@@]2(OC1)O[C@H]1C[C@H]3[C@@H]4CC[C@@H]5C[C@@H](O)CC[C@]5(C)[C@H]4CC[C@]3(C)[C@H]1[C@@H]2C.C[C@H]1CC[C@@]2(OC1)O[C@H]1C[C@H]3[C@@H]4CC[C@@H]5C[C@H](N6C(=O)c7ccccc7C6=O)CC[C@]5(C)[C@H]4CC[C@]3(C)[C@H]1[C@@H]2C. The third kappa shape index (κ3) is 6.67. The molecular formula is C62H91NO7. The van der Waals surface area contributed by atoms with Gasteiger partial charge in [-0.05, 0) is 220 Å². The van der Waals surface area contributed by atoms with Crippen LogP contribution in [0.1, 0.15) is 205 Å². The lowest BCUT2D eigenvalue weighted by molar-refractivity contribution is -0.273. The van der Waals surface area contributed by atoms with Gasteiger partial charge in [-0.3, -0.25) is 14.5 Å². The average molecular weight is 962 g/mol. The first-order valence-corrected chi connectivity index (χ1v) is 29.7. The highest BCUT2D eigenvalue weighted by atomic mass is 16.7. The van der Waals surface area contributed by atoms with E-state index >= 15 is 0 Å². The normalized spacial score (nSPS) is 56.1. The molecule has 0 radical (unpaired) electrons. The highest BCUT2D eigenvalue weighted by molar-refractivity contribution is 6.21. The Morgan fingerprint density at radius 1 is 0.514 bits per heavy atom. The monoisotopic (exact) mass is 962 g/mol. The predicted octanol–water partition coefficient (Wildman–Crippen LogP) is 12.9. The fraction of sp³-hybridized carbons (Fsp3) is 0.871. The average Bonchev–Trinajstić information content (AvgIpc) is 4.06. The first-order valence-electron chi connectivity index (χ1n) is 29.7. The zero-order chi connectivity index (χ0) is 48.5. The van der Waals surface area contributed by atoms with E-state index in [9.17, 15) is 14.7 Å². The summed E-state index contributed by atoms with van der Waals surface area (Å²) in [7, 11) is 0. The Labute approximate surface area is 421 Å². The van der Waals surface area contributed by atoms with Crippen molar-refractivity contribution in [1.29, 1.82) is 0 Å². The second-order valence-corrected chi connectivity index (χ2v) is 28.7. The van der Waals surface area contributed by atoms with Crippen molar-refractivity contribution in [2.45, 2.75) is 220 Å².